The van der Waals surface area contributed by atoms with Crippen LogP contribution in [-0.2, 0) is 17.8 Å². The van der Waals surface area contributed by atoms with E-state index in [-0.39, 0.29) is 30.6 Å². The number of carbonyl (C=O) groups is 2. The van der Waals surface area contributed by atoms with Crippen molar-refractivity contribution in [3.8, 4) is 11.8 Å². The van der Waals surface area contributed by atoms with Gasteiger partial charge >= 0.3 is 6.03 Å². The average Bonchev–Trinajstić information content (AvgIpc) is 3.34. The Balaban J connectivity index is 1.56. The number of likely N-dealkylation sites (tertiary alicyclic amines) is 1. The first kappa shape index (κ1) is 21.1. The standard InChI is InChI=1S/C23H26FN5O2/c1-2-3-11-29-21(30)23(27-22(29)31,15-17-5-4-6-19(24)14-17)18-7-12-28(13-8-18)16-20-25-9-10-26-20/h4-6,9-10,14,18H,7-8,11-13,15-16H2,1H3,(H,25,26)(H,27,31)/t23-/m1/s1. The molecule has 2 saturated heterocycles. The van der Waals surface area contributed by atoms with Crippen LogP contribution in [0.15, 0.2) is 36.7 Å². The van der Waals surface area contributed by atoms with E-state index in [0.717, 1.165) is 38.3 Å². The highest BCUT2D eigenvalue weighted by Gasteiger charge is 2.55. The number of aromatic amines is 1. The summed E-state index contributed by atoms with van der Waals surface area (Å²) in [5, 5.41) is 2.98. The van der Waals surface area contributed by atoms with Gasteiger partial charge in [-0.05, 0) is 56.5 Å². The lowest BCUT2D eigenvalue weighted by Crippen LogP contribution is -2.57. The van der Waals surface area contributed by atoms with Gasteiger partial charge in [0.15, 0.2) is 0 Å². The van der Waals surface area contributed by atoms with E-state index in [0.29, 0.717) is 5.56 Å². The highest BCUT2D eigenvalue weighted by Crippen LogP contribution is 2.36. The molecule has 0 unspecified atom stereocenters. The van der Waals surface area contributed by atoms with Crippen LogP contribution in [0.25, 0.3) is 0 Å². The molecule has 2 N–H and O–H groups in total. The van der Waals surface area contributed by atoms with Gasteiger partial charge in [0.2, 0.25) is 0 Å². The number of carbonyl (C=O) groups excluding carboxylic acids is 2. The molecule has 162 valence electrons. The Labute approximate surface area is 181 Å². The molecule has 3 amide bonds. The Hall–Kier alpha value is -3.18. The van der Waals surface area contributed by atoms with Crippen LogP contribution in [0, 0.1) is 23.6 Å². The van der Waals surface area contributed by atoms with Crippen molar-refractivity contribution >= 4 is 11.9 Å². The van der Waals surface area contributed by atoms with Gasteiger partial charge in [-0.3, -0.25) is 14.6 Å². The predicted molar refractivity (Wildman–Crippen MR) is 113 cm³/mol. The highest BCUT2D eigenvalue weighted by atomic mass is 19.1. The third-order valence-corrected chi connectivity index (χ3v) is 6.20. The molecule has 1 atom stereocenters. The van der Waals surface area contributed by atoms with Gasteiger partial charge in [0.1, 0.15) is 17.2 Å². The maximum Gasteiger partial charge on any atom is 0.325 e. The summed E-state index contributed by atoms with van der Waals surface area (Å²) in [7, 11) is 0. The van der Waals surface area contributed by atoms with Crippen LogP contribution in [0.2, 0.25) is 0 Å². The second kappa shape index (κ2) is 8.90. The Kier molecular flexibility index (Phi) is 6.05. The van der Waals surface area contributed by atoms with Gasteiger partial charge in [-0.25, -0.2) is 14.2 Å². The van der Waals surface area contributed by atoms with Crippen LogP contribution in [0.5, 0.6) is 0 Å². The number of hydrogen-bond acceptors (Lipinski definition) is 4. The fourth-order valence-electron chi connectivity index (χ4n) is 4.64. The molecular formula is C23H26FN5O2. The number of urea groups is 1. The zero-order valence-corrected chi connectivity index (χ0v) is 17.5. The molecule has 0 radical (unpaired) electrons. The van der Waals surface area contributed by atoms with Gasteiger partial charge in [0.05, 0.1) is 13.1 Å². The molecule has 0 aliphatic carbocycles. The van der Waals surface area contributed by atoms with Crippen molar-refractivity contribution in [1.82, 2.24) is 25.1 Å². The first-order valence-electron chi connectivity index (χ1n) is 10.5. The zero-order chi connectivity index (χ0) is 21.8. The zero-order valence-electron chi connectivity index (χ0n) is 17.5. The van der Waals surface area contributed by atoms with Crippen LogP contribution in [0.3, 0.4) is 0 Å². The molecule has 1 aromatic carbocycles. The molecule has 4 rings (SSSR count). The number of aromatic nitrogens is 2. The number of halogens is 1. The summed E-state index contributed by atoms with van der Waals surface area (Å²) in [6, 6.07) is 5.81. The molecular weight excluding hydrogens is 397 g/mol. The van der Waals surface area contributed by atoms with Gasteiger partial charge in [0.25, 0.3) is 5.91 Å². The number of H-pyrrole nitrogens is 1. The van der Waals surface area contributed by atoms with Gasteiger partial charge in [-0.1, -0.05) is 18.1 Å². The largest absolute Gasteiger partial charge is 0.348 e. The van der Waals surface area contributed by atoms with Gasteiger partial charge < -0.3 is 10.3 Å². The molecule has 0 saturated carbocycles. The van der Waals surface area contributed by atoms with Crippen LogP contribution in [-0.4, -0.2) is 56.9 Å². The van der Waals surface area contributed by atoms with Crippen LogP contribution in [0.4, 0.5) is 9.18 Å². The normalized spacial score (nSPS) is 22.3. The summed E-state index contributed by atoms with van der Waals surface area (Å²) in [6.45, 7) is 4.02. The second-order valence-corrected chi connectivity index (χ2v) is 8.11. The minimum atomic E-state index is -1.09. The predicted octanol–water partition coefficient (Wildman–Crippen LogP) is 2.32. The number of imide groups is 1. The highest BCUT2D eigenvalue weighted by molar-refractivity contribution is 6.07. The molecule has 0 bridgehead atoms. The maximum atomic E-state index is 13.8. The van der Waals surface area contributed by atoms with E-state index in [1.54, 1.807) is 31.5 Å². The summed E-state index contributed by atoms with van der Waals surface area (Å²) < 4.78 is 13.8. The molecule has 2 aromatic rings. The van der Waals surface area contributed by atoms with E-state index in [4.69, 9.17) is 0 Å². The van der Waals surface area contributed by atoms with Crippen molar-refractivity contribution in [2.24, 2.45) is 5.92 Å². The third kappa shape index (κ3) is 4.32. The molecule has 0 spiro atoms. The van der Waals surface area contributed by atoms with E-state index in [1.807, 2.05) is 0 Å². The Bertz CT molecular complexity index is 1000. The molecule has 2 fully saturated rings. The van der Waals surface area contributed by atoms with E-state index >= 15 is 0 Å². The quantitative estimate of drug-likeness (QED) is 0.552. The lowest BCUT2D eigenvalue weighted by Gasteiger charge is -2.40. The van der Waals surface area contributed by atoms with Crippen molar-refractivity contribution in [2.75, 3.05) is 19.6 Å². The van der Waals surface area contributed by atoms with Gasteiger partial charge in [-0.15, -0.1) is 5.92 Å². The van der Waals surface area contributed by atoms with Crippen molar-refractivity contribution < 1.29 is 14.0 Å². The maximum absolute atomic E-state index is 13.8. The van der Waals surface area contributed by atoms with E-state index in [2.05, 4.69) is 32.0 Å². The number of hydrogen-bond donors (Lipinski definition) is 2. The first-order chi connectivity index (χ1) is 15.0. The molecule has 2 aliphatic rings. The fraction of sp³-hybridized carbons (Fsp3) is 0.435. The van der Waals surface area contributed by atoms with Gasteiger partial charge in [0, 0.05) is 18.8 Å². The number of nitrogens with zero attached hydrogens (tertiary/aromatic N) is 3. The lowest BCUT2D eigenvalue weighted by atomic mass is 9.74. The van der Waals surface area contributed by atoms with E-state index in [9.17, 15) is 14.0 Å². The minimum absolute atomic E-state index is 0.0559. The fourth-order valence-corrected chi connectivity index (χ4v) is 4.64. The van der Waals surface area contributed by atoms with Crippen molar-refractivity contribution in [1.29, 1.82) is 0 Å². The van der Waals surface area contributed by atoms with Crippen molar-refractivity contribution in [3.63, 3.8) is 0 Å². The third-order valence-electron chi connectivity index (χ3n) is 6.20. The van der Waals surface area contributed by atoms with E-state index < -0.39 is 11.6 Å². The summed E-state index contributed by atoms with van der Waals surface area (Å²) in [5.41, 5.74) is -0.396. The summed E-state index contributed by atoms with van der Waals surface area (Å²) in [4.78, 5) is 37.1. The Morgan fingerprint density at radius 2 is 2.10 bits per heavy atom. The number of piperidine rings is 1. The van der Waals surface area contributed by atoms with Crippen LogP contribution >= 0.6 is 0 Å². The second-order valence-electron chi connectivity index (χ2n) is 8.11. The van der Waals surface area contributed by atoms with Crippen molar-refractivity contribution in [2.45, 2.75) is 38.3 Å². The summed E-state index contributed by atoms with van der Waals surface area (Å²) in [5.74, 6) is 5.77. The van der Waals surface area contributed by atoms with Gasteiger partial charge in [-0.2, -0.15) is 0 Å². The Morgan fingerprint density at radius 3 is 2.77 bits per heavy atom. The first-order valence-corrected chi connectivity index (χ1v) is 10.5. The summed E-state index contributed by atoms with van der Waals surface area (Å²) in [6.07, 6.45) is 5.28. The van der Waals surface area contributed by atoms with E-state index in [1.165, 1.54) is 17.0 Å². The monoisotopic (exact) mass is 423 g/mol. The number of amides is 3. The van der Waals surface area contributed by atoms with Crippen LogP contribution < -0.4 is 5.32 Å². The Morgan fingerprint density at radius 1 is 1.29 bits per heavy atom. The van der Waals surface area contributed by atoms with Crippen LogP contribution in [0.1, 0.15) is 31.2 Å². The SMILES string of the molecule is CC#CCN1C(=O)N[C@](Cc2cccc(F)c2)(C2CCN(Cc3ncc[nH]3)CC2)C1=O. The minimum Gasteiger partial charge on any atom is -0.348 e. The number of benzene rings is 1. The molecule has 2 aliphatic heterocycles. The number of rotatable bonds is 6. The smallest absolute Gasteiger partial charge is 0.325 e. The topological polar surface area (TPSA) is 81.3 Å². The molecule has 7 nitrogen and oxygen atoms in total. The number of imidazole rings is 1. The molecule has 31 heavy (non-hydrogen) atoms. The lowest BCUT2D eigenvalue weighted by molar-refractivity contribution is -0.133. The molecule has 3 heterocycles. The summed E-state index contributed by atoms with van der Waals surface area (Å²) >= 11 is 0. The average molecular weight is 423 g/mol. The number of nitrogens with one attached hydrogen (secondary N) is 2. The molecule has 1 aromatic heterocycles. The van der Waals surface area contributed by atoms with Crippen molar-refractivity contribution in [3.05, 3.63) is 53.9 Å². The molecule has 8 heteroatoms.